The van der Waals surface area contributed by atoms with E-state index in [-0.39, 0.29) is 24.7 Å². The number of carbonyl (C=O) groups is 2. The van der Waals surface area contributed by atoms with Crippen LogP contribution < -0.4 is 10.6 Å². The van der Waals surface area contributed by atoms with E-state index in [1.54, 1.807) is 14.2 Å². The molecule has 0 saturated heterocycles. The van der Waals surface area contributed by atoms with Gasteiger partial charge < -0.3 is 20.1 Å². The van der Waals surface area contributed by atoms with Gasteiger partial charge in [-0.25, -0.2) is 0 Å². The Morgan fingerprint density at radius 3 is 1.56 bits per heavy atom. The Balaban J connectivity index is 3.40. The van der Waals surface area contributed by atoms with Crippen LogP contribution in [0.5, 0.6) is 0 Å². The molecule has 0 heterocycles. The van der Waals surface area contributed by atoms with Gasteiger partial charge >= 0.3 is 0 Å². The van der Waals surface area contributed by atoms with Gasteiger partial charge in [-0.15, -0.1) is 0 Å². The van der Waals surface area contributed by atoms with Crippen molar-refractivity contribution in [2.75, 3.05) is 40.5 Å². The Morgan fingerprint density at radius 2 is 1.25 bits per heavy atom. The summed E-state index contributed by atoms with van der Waals surface area (Å²) in [4.78, 5) is 22.4. The van der Waals surface area contributed by atoms with Crippen molar-refractivity contribution in [2.24, 2.45) is 0 Å². The smallest absolute Gasteiger partial charge is 0.220 e. The summed E-state index contributed by atoms with van der Waals surface area (Å²) in [6, 6.07) is 0. The zero-order chi connectivity index (χ0) is 12.2. The van der Waals surface area contributed by atoms with Crippen molar-refractivity contribution in [3.05, 3.63) is 0 Å². The van der Waals surface area contributed by atoms with Crippen LogP contribution in [-0.4, -0.2) is 52.3 Å². The van der Waals surface area contributed by atoms with Crippen LogP contribution in [0.15, 0.2) is 0 Å². The van der Waals surface area contributed by atoms with Crippen molar-refractivity contribution in [2.45, 2.75) is 12.8 Å². The Labute approximate surface area is 95.7 Å². The first-order valence-corrected chi connectivity index (χ1v) is 5.22. The second kappa shape index (κ2) is 10.4. The van der Waals surface area contributed by atoms with Gasteiger partial charge in [-0.2, -0.15) is 0 Å². The summed E-state index contributed by atoms with van der Waals surface area (Å²) in [6.45, 7) is 1.90. The lowest BCUT2D eigenvalue weighted by atomic mass is 10.3. The van der Waals surface area contributed by atoms with E-state index in [4.69, 9.17) is 9.47 Å². The Bertz CT molecular complexity index is 187. The third-order valence-corrected chi connectivity index (χ3v) is 1.84. The van der Waals surface area contributed by atoms with E-state index >= 15 is 0 Å². The van der Waals surface area contributed by atoms with Crippen molar-refractivity contribution in [1.82, 2.24) is 10.6 Å². The van der Waals surface area contributed by atoms with Gasteiger partial charge in [0, 0.05) is 40.2 Å². The Hall–Kier alpha value is -1.14. The lowest BCUT2D eigenvalue weighted by molar-refractivity contribution is -0.126. The molecule has 94 valence electrons. The average molecular weight is 232 g/mol. The predicted octanol–water partition coefficient (Wildman–Crippen LogP) is -0.708. The summed E-state index contributed by atoms with van der Waals surface area (Å²) >= 11 is 0. The van der Waals surface area contributed by atoms with Gasteiger partial charge in [0.05, 0.1) is 13.2 Å². The topological polar surface area (TPSA) is 76.7 Å². The number of rotatable bonds is 9. The van der Waals surface area contributed by atoms with Crippen LogP contribution in [0, 0.1) is 0 Å². The summed E-state index contributed by atoms with van der Waals surface area (Å²) in [5, 5.41) is 5.28. The molecule has 6 nitrogen and oxygen atoms in total. The maximum Gasteiger partial charge on any atom is 0.220 e. The number of methoxy groups -OCH3 is 2. The zero-order valence-corrected chi connectivity index (χ0v) is 9.88. The highest BCUT2D eigenvalue weighted by Gasteiger charge is 2.05. The van der Waals surface area contributed by atoms with Gasteiger partial charge in [0.2, 0.25) is 11.8 Å². The van der Waals surface area contributed by atoms with Gasteiger partial charge in [0.25, 0.3) is 0 Å². The molecule has 0 atom stereocenters. The molecule has 16 heavy (non-hydrogen) atoms. The van der Waals surface area contributed by atoms with Crippen LogP contribution in [0.3, 0.4) is 0 Å². The number of hydrogen-bond acceptors (Lipinski definition) is 4. The number of ether oxygens (including phenoxy) is 2. The highest BCUT2D eigenvalue weighted by atomic mass is 16.5. The molecule has 0 aliphatic carbocycles. The molecule has 2 N–H and O–H groups in total. The second-order valence-electron chi connectivity index (χ2n) is 3.19. The molecule has 0 fully saturated rings. The molecule has 0 spiro atoms. The summed E-state index contributed by atoms with van der Waals surface area (Å²) in [5.41, 5.74) is 0. The Kier molecular flexibility index (Phi) is 9.64. The van der Waals surface area contributed by atoms with Crippen LogP contribution in [0.1, 0.15) is 12.8 Å². The highest BCUT2D eigenvalue weighted by molar-refractivity contribution is 5.83. The van der Waals surface area contributed by atoms with Crippen LogP contribution in [0.25, 0.3) is 0 Å². The predicted molar refractivity (Wildman–Crippen MR) is 59.0 cm³/mol. The van der Waals surface area contributed by atoms with Crippen LogP contribution in [-0.2, 0) is 19.1 Å². The van der Waals surface area contributed by atoms with Crippen molar-refractivity contribution >= 4 is 11.8 Å². The lowest BCUT2D eigenvalue weighted by Gasteiger charge is -2.05. The SMILES string of the molecule is COCCNC(=O)CCC(=O)NCCOC. The van der Waals surface area contributed by atoms with Gasteiger partial charge in [-0.05, 0) is 0 Å². The summed E-state index contributed by atoms with van der Waals surface area (Å²) < 4.78 is 9.55. The number of carbonyl (C=O) groups excluding carboxylic acids is 2. The van der Waals surface area contributed by atoms with Gasteiger partial charge in [-0.3, -0.25) is 9.59 Å². The Morgan fingerprint density at radius 1 is 0.875 bits per heavy atom. The highest BCUT2D eigenvalue weighted by Crippen LogP contribution is 1.88. The third kappa shape index (κ3) is 9.42. The van der Waals surface area contributed by atoms with Gasteiger partial charge in [-0.1, -0.05) is 0 Å². The molecule has 2 amide bonds. The quantitative estimate of drug-likeness (QED) is 0.515. The number of nitrogens with one attached hydrogen (secondary N) is 2. The monoisotopic (exact) mass is 232 g/mol. The van der Waals surface area contributed by atoms with E-state index in [2.05, 4.69) is 10.6 Å². The normalized spacial score (nSPS) is 9.88. The van der Waals surface area contributed by atoms with Gasteiger partial charge in [0.1, 0.15) is 0 Å². The van der Waals surface area contributed by atoms with E-state index in [9.17, 15) is 9.59 Å². The van der Waals surface area contributed by atoms with Crippen LogP contribution >= 0.6 is 0 Å². The van der Waals surface area contributed by atoms with E-state index in [1.807, 2.05) is 0 Å². The molecule has 0 aliphatic rings. The van der Waals surface area contributed by atoms with E-state index in [0.717, 1.165) is 0 Å². The summed E-state index contributed by atoms with van der Waals surface area (Å²) in [5.74, 6) is -0.280. The fourth-order valence-corrected chi connectivity index (χ4v) is 0.989. The molecule has 0 rings (SSSR count). The van der Waals surface area contributed by atoms with Crippen molar-refractivity contribution in [3.63, 3.8) is 0 Å². The number of amides is 2. The average Bonchev–Trinajstić information content (AvgIpc) is 2.27. The van der Waals surface area contributed by atoms with Crippen LogP contribution in [0.2, 0.25) is 0 Å². The molecule has 0 aromatic heterocycles. The molecular weight excluding hydrogens is 212 g/mol. The van der Waals surface area contributed by atoms with Crippen molar-refractivity contribution in [3.8, 4) is 0 Å². The minimum atomic E-state index is -0.140. The molecule has 0 bridgehead atoms. The van der Waals surface area contributed by atoms with E-state index in [1.165, 1.54) is 0 Å². The number of hydrogen-bond donors (Lipinski definition) is 2. The fourth-order valence-electron chi connectivity index (χ4n) is 0.989. The fraction of sp³-hybridized carbons (Fsp3) is 0.800. The third-order valence-electron chi connectivity index (χ3n) is 1.84. The van der Waals surface area contributed by atoms with E-state index < -0.39 is 0 Å². The minimum Gasteiger partial charge on any atom is -0.383 e. The molecule has 0 aliphatic heterocycles. The van der Waals surface area contributed by atoms with Crippen LogP contribution in [0.4, 0.5) is 0 Å². The zero-order valence-electron chi connectivity index (χ0n) is 9.88. The first-order chi connectivity index (χ1) is 7.70. The molecule has 0 saturated carbocycles. The largest absolute Gasteiger partial charge is 0.383 e. The molecule has 6 heteroatoms. The summed E-state index contributed by atoms with van der Waals surface area (Å²) in [6.07, 6.45) is 0.394. The maximum absolute atomic E-state index is 11.2. The lowest BCUT2D eigenvalue weighted by Crippen LogP contribution is -2.30. The standard InChI is InChI=1S/C10H20N2O4/c1-15-7-5-11-9(13)3-4-10(14)12-6-8-16-2/h3-8H2,1-2H3,(H,11,13)(H,12,14). The molecule has 0 aromatic rings. The van der Waals surface area contributed by atoms with Crippen molar-refractivity contribution < 1.29 is 19.1 Å². The van der Waals surface area contributed by atoms with Gasteiger partial charge in [0.15, 0.2) is 0 Å². The summed E-state index contributed by atoms with van der Waals surface area (Å²) in [7, 11) is 3.13. The first kappa shape index (κ1) is 14.9. The minimum absolute atomic E-state index is 0.140. The molecule has 0 unspecified atom stereocenters. The molecule has 0 radical (unpaired) electrons. The molecular formula is C10H20N2O4. The second-order valence-corrected chi connectivity index (χ2v) is 3.19. The molecule has 0 aromatic carbocycles. The van der Waals surface area contributed by atoms with Crippen molar-refractivity contribution in [1.29, 1.82) is 0 Å². The first-order valence-electron chi connectivity index (χ1n) is 5.22. The van der Waals surface area contributed by atoms with E-state index in [0.29, 0.717) is 26.3 Å². The maximum atomic E-state index is 11.2.